The molecule has 16 heavy (non-hydrogen) atoms. The van der Waals surface area contributed by atoms with Crippen molar-refractivity contribution >= 4 is 12.0 Å². The van der Waals surface area contributed by atoms with Crippen LogP contribution in [-0.2, 0) is 14.3 Å². The van der Waals surface area contributed by atoms with Crippen LogP contribution < -0.4 is 0 Å². The minimum Gasteiger partial charge on any atom is -0.443 e. The first-order valence-corrected chi connectivity index (χ1v) is 5.51. The molecule has 0 N–H and O–H groups in total. The Morgan fingerprint density at radius 1 is 1.38 bits per heavy atom. The minimum atomic E-state index is -0.573. The molecule has 0 unspecified atom stereocenters. The summed E-state index contributed by atoms with van der Waals surface area (Å²) in [4.78, 5) is 24.5. The maximum absolute atomic E-state index is 11.7. The fourth-order valence-corrected chi connectivity index (χ4v) is 1.36. The Morgan fingerprint density at radius 2 is 2.06 bits per heavy atom. The fraction of sp³-hybridized carbons (Fsp3) is 0.818. The van der Waals surface area contributed by atoms with Gasteiger partial charge in [0.25, 0.3) is 0 Å². The summed E-state index contributed by atoms with van der Waals surface area (Å²) in [5.74, 6) is -0.228. The normalized spacial score (nSPS) is 18.9. The molecule has 5 heteroatoms. The summed E-state index contributed by atoms with van der Waals surface area (Å²) in [6, 6.07) is 0. The molecule has 0 radical (unpaired) electrons. The van der Waals surface area contributed by atoms with E-state index >= 15 is 0 Å². The maximum atomic E-state index is 11.7. The Balaban J connectivity index is 2.60. The predicted octanol–water partition coefficient (Wildman–Crippen LogP) is 1.56. The van der Waals surface area contributed by atoms with Crippen LogP contribution in [0.2, 0.25) is 0 Å². The van der Waals surface area contributed by atoms with E-state index in [9.17, 15) is 9.59 Å². The topological polar surface area (TPSA) is 55.8 Å². The second-order valence-corrected chi connectivity index (χ2v) is 4.74. The second-order valence-electron chi connectivity index (χ2n) is 4.74. The summed E-state index contributed by atoms with van der Waals surface area (Å²) in [5.41, 5.74) is -0.573. The van der Waals surface area contributed by atoms with Crippen LogP contribution in [-0.4, -0.2) is 42.3 Å². The van der Waals surface area contributed by atoms with Crippen molar-refractivity contribution in [2.75, 3.05) is 19.8 Å². The first-order chi connectivity index (χ1) is 7.40. The van der Waals surface area contributed by atoms with Crippen LogP contribution in [0.15, 0.2) is 0 Å². The zero-order valence-electron chi connectivity index (χ0n) is 10.1. The van der Waals surface area contributed by atoms with Crippen molar-refractivity contribution in [3.8, 4) is 0 Å². The minimum absolute atomic E-state index is 0.228. The molecule has 92 valence electrons. The Kier molecular flexibility index (Phi) is 4.29. The molecule has 0 aromatic carbocycles. The maximum Gasteiger partial charge on any atom is 0.417 e. The zero-order valence-corrected chi connectivity index (χ0v) is 10.1. The summed E-state index contributed by atoms with van der Waals surface area (Å²) in [6.45, 7) is 6.66. The lowest BCUT2D eigenvalue weighted by atomic mass is 10.2. The zero-order chi connectivity index (χ0) is 12.2. The average Bonchev–Trinajstić information content (AvgIpc) is 2.08. The first-order valence-electron chi connectivity index (χ1n) is 5.51. The molecule has 1 aliphatic heterocycles. The van der Waals surface area contributed by atoms with Gasteiger partial charge in [-0.05, 0) is 27.2 Å². The Labute approximate surface area is 95.7 Å². The van der Waals surface area contributed by atoms with E-state index in [1.807, 2.05) is 0 Å². The molecule has 0 aromatic rings. The van der Waals surface area contributed by atoms with Gasteiger partial charge in [0.05, 0.1) is 13.0 Å². The van der Waals surface area contributed by atoms with Crippen LogP contribution in [0, 0.1) is 0 Å². The highest BCUT2D eigenvalue weighted by atomic mass is 16.6. The quantitative estimate of drug-likeness (QED) is 0.632. The average molecular weight is 229 g/mol. The van der Waals surface area contributed by atoms with Crippen LogP contribution in [0.5, 0.6) is 0 Å². The van der Waals surface area contributed by atoms with Gasteiger partial charge in [-0.25, -0.2) is 9.69 Å². The van der Waals surface area contributed by atoms with E-state index < -0.39 is 11.7 Å². The Morgan fingerprint density at radius 3 is 2.69 bits per heavy atom. The molecule has 5 nitrogen and oxygen atoms in total. The highest BCUT2D eigenvalue weighted by molar-refractivity contribution is 5.92. The largest absolute Gasteiger partial charge is 0.443 e. The van der Waals surface area contributed by atoms with Crippen molar-refractivity contribution in [3.05, 3.63) is 0 Å². The number of imide groups is 1. The van der Waals surface area contributed by atoms with Gasteiger partial charge in [-0.2, -0.15) is 0 Å². The molecule has 0 aromatic heterocycles. The van der Waals surface area contributed by atoms with E-state index in [2.05, 4.69) is 0 Å². The predicted molar refractivity (Wildman–Crippen MR) is 58.0 cm³/mol. The molecule has 0 atom stereocenters. The van der Waals surface area contributed by atoms with Crippen LogP contribution in [0.1, 0.15) is 33.6 Å². The van der Waals surface area contributed by atoms with Crippen LogP contribution >= 0.6 is 0 Å². The number of carbonyl (C=O) groups is 2. The van der Waals surface area contributed by atoms with Gasteiger partial charge < -0.3 is 9.47 Å². The SMILES string of the molecule is CC(C)(C)OC(=O)N1CCCOCCC1=O. The Hall–Kier alpha value is -1.10. The number of nitrogens with zero attached hydrogens (tertiary/aromatic N) is 1. The smallest absolute Gasteiger partial charge is 0.417 e. The summed E-state index contributed by atoms with van der Waals surface area (Å²) >= 11 is 0. The van der Waals surface area contributed by atoms with Crippen molar-refractivity contribution in [1.29, 1.82) is 0 Å². The molecular weight excluding hydrogens is 210 g/mol. The van der Waals surface area contributed by atoms with Crippen molar-refractivity contribution in [1.82, 2.24) is 4.90 Å². The van der Waals surface area contributed by atoms with Gasteiger partial charge in [-0.3, -0.25) is 4.79 Å². The number of hydrogen-bond acceptors (Lipinski definition) is 4. The lowest BCUT2D eigenvalue weighted by Crippen LogP contribution is -2.42. The Bertz CT molecular complexity index is 270. The van der Waals surface area contributed by atoms with E-state index in [4.69, 9.17) is 9.47 Å². The summed E-state index contributed by atoms with van der Waals surface area (Å²) in [5, 5.41) is 0. The molecule has 0 aliphatic carbocycles. The van der Waals surface area contributed by atoms with E-state index in [0.717, 1.165) is 0 Å². The van der Waals surface area contributed by atoms with E-state index in [0.29, 0.717) is 26.2 Å². The number of carbonyl (C=O) groups excluding carboxylic acids is 2. The van der Waals surface area contributed by atoms with Gasteiger partial charge in [0.1, 0.15) is 5.60 Å². The van der Waals surface area contributed by atoms with Gasteiger partial charge in [-0.15, -0.1) is 0 Å². The monoisotopic (exact) mass is 229 g/mol. The third kappa shape index (κ3) is 4.18. The third-order valence-corrected chi connectivity index (χ3v) is 2.05. The lowest BCUT2D eigenvalue weighted by molar-refractivity contribution is -0.132. The highest BCUT2D eigenvalue weighted by Crippen LogP contribution is 2.12. The standard InChI is InChI=1S/C11H19NO4/c1-11(2,3)16-10(14)12-6-4-7-15-8-5-9(12)13/h4-8H2,1-3H3. The van der Waals surface area contributed by atoms with Crippen molar-refractivity contribution in [3.63, 3.8) is 0 Å². The molecule has 0 bridgehead atoms. The van der Waals surface area contributed by atoms with Crippen molar-refractivity contribution in [2.24, 2.45) is 0 Å². The van der Waals surface area contributed by atoms with Crippen LogP contribution in [0.25, 0.3) is 0 Å². The molecule has 1 aliphatic rings. The van der Waals surface area contributed by atoms with Crippen LogP contribution in [0.3, 0.4) is 0 Å². The van der Waals surface area contributed by atoms with E-state index in [-0.39, 0.29) is 12.3 Å². The van der Waals surface area contributed by atoms with Crippen LogP contribution in [0.4, 0.5) is 4.79 Å². The molecule has 1 fully saturated rings. The van der Waals surface area contributed by atoms with Gasteiger partial charge in [-0.1, -0.05) is 0 Å². The molecule has 1 rings (SSSR count). The highest BCUT2D eigenvalue weighted by Gasteiger charge is 2.27. The molecule has 1 heterocycles. The summed E-state index contributed by atoms with van der Waals surface area (Å²) < 4.78 is 10.3. The molecule has 1 saturated heterocycles. The number of amides is 2. The fourth-order valence-electron chi connectivity index (χ4n) is 1.36. The van der Waals surface area contributed by atoms with Gasteiger partial charge in [0, 0.05) is 13.2 Å². The second kappa shape index (κ2) is 5.30. The van der Waals surface area contributed by atoms with Crippen molar-refractivity contribution in [2.45, 2.75) is 39.2 Å². The van der Waals surface area contributed by atoms with E-state index in [1.165, 1.54) is 4.90 Å². The van der Waals surface area contributed by atoms with E-state index in [1.54, 1.807) is 20.8 Å². The lowest BCUT2D eigenvalue weighted by Gasteiger charge is -2.27. The number of ether oxygens (including phenoxy) is 2. The molecule has 0 spiro atoms. The number of rotatable bonds is 0. The summed E-state index contributed by atoms with van der Waals surface area (Å²) in [7, 11) is 0. The first kappa shape index (κ1) is 13.0. The van der Waals surface area contributed by atoms with Crippen molar-refractivity contribution < 1.29 is 19.1 Å². The van der Waals surface area contributed by atoms with Gasteiger partial charge >= 0.3 is 6.09 Å². The number of hydrogen-bond donors (Lipinski definition) is 0. The summed E-state index contributed by atoms with van der Waals surface area (Å²) in [6.07, 6.45) is 0.337. The van der Waals surface area contributed by atoms with Gasteiger partial charge in [0.2, 0.25) is 5.91 Å². The molecular formula is C11H19NO4. The van der Waals surface area contributed by atoms with Gasteiger partial charge in [0.15, 0.2) is 0 Å². The third-order valence-electron chi connectivity index (χ3n) is 2.05. The molecule has 0 saturated carbocycles. The molecule has 2 amide bonds.